The molecular formula is C19H31FN4. The largest absolute Gasteiger partial charge is 0.357 e. The second-order valence-electron chi connectivity index (χ2n) is 6.39. The molecule has 1 fully saturated rings. The van der Waals surface area contributed by atoms with Gasteiger partial charge in [-0.3, -0.25) is 4.99 Å². The van der Waals surface area contributed by atoms with Gasteiger partial charge in [0.15, 0.2) is 5.96 Å². The molecule has 0 bridgehead atoms. The highest BCUT2D eigenvalue weighted by Crippen LogP contribution is 2.16. The lowest BCUT2D eigenvalue weighted by Gasteiger charge is -2.31. The SMILES string of the molecule is CCNC(=NCC1CCCN(CC)C1)NCCc1ccccc1F. The van der Waals surface area contributed by atoms with Crippen LogP contribution in [0.4, 0.5) is 4.39 Å². The molecule has 0 aliphatic carbocycles. The Kier molecular flexibility index (Phi) is 8.02. The number of halogens is 1. The summed E-state index contributed by atoms with van der Waals surface area (Å²) in [5.74, 6) is 1.34. The highest BCUT2D eigenvalue weighted by Gasteiger charge is 2.18. The predicted molar refractivity (Wildman–Crippen MR) is 98.9 cm³/mol. The van der Waals surface area contributed by atoms with Crippen LogP contribution in [-0.4, -0.2) is 50.1 Å². The highest BCUT2D eigenvalue weighted by molar-refractivity contribution is 5.79. The monoisotopic (exact) mass is 334 g/mol. The van der Waals surface area contributed by atoms with Gasteiger partial charge < -0.3 is 15.5 Å². The Labute approximate surface area is 145 Å². The molecule has 2 N–H and O–H groups in total. The Balaban J connectivity index is 1.81. The van der Waals surface area contributed by atoms with Crippen molar-refractivity contribution in [1.29, 1.82) is 0 Å². The molecule has 134 valence electrons. The second-order valence-corrected chi connectivity index (χ2v) is 6.39. The van der Waals surface area contributed by atoms with E-state index in [2.05, 4.69) is 29.4 Å². The fourth-order valence-electron chi connectivity index (χ4n) is 3.17. The van der Waals surface area contributed by atoms with E-state index in [1.54, 1.807) is 6.07 Å². The van der Waals surface area contributed by atoms with Gasteiger partial charge >= 0.3 is 0 Å². The quantitative estimate of drug-likeness (QED) is 0.595. The van der Waals surface area contributed by atoms with Crippen LogP contribution in [0, 0.1) is 11.7 Å². The number of hydrogen-bond donors (Lipinski definition) is 2. The van der Waals surface area contributed by atoms with Gasteiger partial charge in [0.25, 0.3) is 0 Å². The van der Waals surface area contributed by atoms with Crippen molar-refractivity contribution in [1.82, 2.24) is 15.5 Å². The van der Waals surface area contributed by atoms with Crippen LogP contribution in [0.1, 0.15) is 32.3 Å². The Hall–Kier alpha value is -1.62. The minimum absolute atomic E-state index is 0.136. The molecule has 0 radical (unpaired) electrons. The van der Waals surface area contributed by atoms with Gasteiger partial charge in [0, 0.05) is 26.2 Å². The zero-order valence-electron chi connectivity index (χ0n) is 15.0. The van der Waals surface area contributed by atoms with Gasteiger partial charge in [0.1, 0.15) is 5.82 Å². The molecule has 0 saturated carbocycles. The van der Waals surface area contributed by atoms with Gasteiger partial charge in [-0.15, -0.1) is 0 Å². The summed E-state index contributed by atoms with van der Waals surface area (Å²) in [6, 6.07) is 6.95. The van der Waals surface area contributed by atoms with Gasteiger partial charge in [-0.1, -0.05) is 25.1 Å². The molecule has 1 saturated heterocycles. The van der Waals surface area contributed by atoms with Crippen molar-refractivity contribution in [2.75, 3.05) is 39.3 Å². The average Bonchev–Trinajstić information content (AvgIpc) is 2.61. The second kappa shape index (κ2) is 10.3. The third kappa shape index (κ3) is 6.11. The number of likely N-dealkylation sites (tertiary alicyclic amines) is 1. The minimum Gasteiger partial charge on any atom is -0.357 e. The maximum absolute atomic E-state index is 13.6. The van der Waals surface area contributed by atoms with Crippen LogP contribution in [0.2, 0.25) is 0 Å². The van der Waals surface area contributed by atoms with Crippen molar-refractivity contribution in [3.8, 4) is 0 Å². The first-order valence-electron chi connectivity index (χ1n) is 9.20. The number of aliphatic imine (C=N–C) groups is 1. The molecule has 1 aromatic rings. The average molecular weight is 334 g/mol. The summed E-state index contributed by atoms with van der Waals surface area (Å²) in [6.07, 6.45) is 3.18. The van der Waals surface area contributed by atoms with E-state index in [4.69, 9.17) is 4.99 Å². The first-order chi connectivity index (χ1) is 11.7. The molecule has 5 heteroatoms. The number of nitrogens with one attached hydrogen (secondary N) is 2. The smallest absolute Gasteiger partial charge is 0.191 e. The van der Waals surface area contributed by atoms with Crippen molar-refractivity contribution in [3.63, 3.8) is 0 Å². The van der Waals surface area contributed by atoms with E-state index in [9.17, 15) is 4.39 Å². The number of benzene rings is 1. The van der Waals surface area contributed by atoms with Crippen LogP contribution in [0.3, 0.4) is 0 Å². The number of rotatable bonds is 7. The maximum Gasteiger partial charge on any atom is 0.191 e. The third-order valence-electron chi connectivity index (χ3n) is 4.55. The molecule has 0 amide bonds. The van der Waals surface area contributed by atoms with E-state index in [-0.39, 0.29) is 5.82 Å². The Bertz CT molecular complexity index is 518. The van der Waals surface area contributed by atoms with Gasteiger partial charge in [-0.05, 0) is 56.8 Å². The molecule has 0 spiro atoms. The summed E-state index contributed by atoms with van der Waals surface area (Å²) in [7, 11) is 0. The van der Waals surface area contributed by atoms with Crippen LogP contribution in [0.25, 0.3) is 0 Å². The summed E-state index contributed by atoms with van der Waals surface area (Å²) in [5.41, 5.74) is 0.742. The van der Waals surface area contributed by atoms with Crippen LogP contribution in [0.15, 0.2) is 29.3 Å². The van der Waals surface area contributed by atoms with E-state index in [0.29, 0.717) is 18.9 Å². The van der Waals surface area contributed by atoms with Crippen molar-refractivity contribution < 1.29 is 4.39 Å². The molecule has 0 aromatic heterocycles. The molecule has 1 heterocycles. The van der Waals surface area contributed by atoms with Gasteiger partial charge in [-0.25, -0.2) is 4.39 Å². The Morgan fingerprint density at radius 2 is 2.12 bits per heavy atom. The highest BCUT2D eigenvalue weighted by atomic mass is 19.1. The van der Waals surface area contributed by atoms with Crippen molar-refractivity contribution in [3.05, 3.63) is 35.6 Å². The minimum atomic E-state index is -0.136. The normalized spacial score (nSPS) is 19.3. The lowest BCUT2D eigenvalue weighted by atomic mass is 9.98. The molecule has 2 rings (SSSR count). The number of nitrogens with zero attached hydrogens (tertiary/aromatic N) is 2. The fourth-order valence-corrected chi connectivity index (χ4v) is 3.17. The van der Waals surface area contributed by atoms with Crippen LogP contribution in [0.5, 0.6) is 0 Å². The molecule has 4 nitrogen and oxygen atoms in total. The Morgan fingerprint density at radius 1 is 1.29 bits per heavy atom. The molecule has 24 heavy (non-hydrogen) atoms. The van der Waals surface area contributed by atoms with E-state index < -0.39 is 0 Å². The van der Waals surface area contributed by atoms with E-state index >= 15 is 0 Å². The molecule has 1 atom stereocenters. The topological polar surface area (TPSA) is 39.7 Å². The van der Waals surface area contributed by atoms with E-state index in [0.717, 1.165) is 37.7 Å². The third-order valence-corrected chi connectivity index (χ3v) is 4.55. The number of hydrogen-bond acceptors (Lipinski definition) is 2. The summed E-state index contributed by atoms with van der Waals surface area (Å²) < 4.78 is 13.6. The molecule has 1 unspecified atom stereocenters. The van der Waals surface area contributed by atoms with Crippen LogP contribution in [-0.2, 0) is 6.42 Å². The lowest BCUT2D eigenvalue weighted by molar-refractivity contribution is 0.186. The molecule has 1 aliphatic rings. The standard InChI is InChI=1S/C19H31FN4/c1-3-21-19(22-12-11-17-9-5-6-10-18(17)20)23-14-16-8-7-13-24(4-2)15-16/h5-6,9-10,16H,3-4,7-8,11-15H2,1-2H3,(H2,21,22,23). The van der Waals surface area contributed by atoms with Crippen LogP contribution < -0.4 is 10.6 Å². The lowest BCUT2D eigenvalue weighted by Crippen LogP contribution is -2.40. The predicted octanol–water partition coefficient (Wildman–Crippen LogP) is 2.66. The van der Waals surface area contributed by atoms with Crippen LogP contribution >= 0.6 is 0 Å². The Morgan fingerprint density at radius 3 is 2.88 bits per heavy atom. The molecular weight excluding hydrogens is 303 g/mol. The van der Waals surface area contributed by atoms with E-state index in [1.807, 2.05) is 12.1 Å². The number of piperidine rings is 1. The summed E-state index contributed by atoms with van der Waals surface area (Å²) in [4.78, 5) is 7.24. The summed E-state index contributed by atoms with van der Waals surface area (Å²) in [5, 5.41) is 6.60. The first-order valence-corrected chi connectivity index (χ1v) is 9.20. The fraction of sp³-hybridized carbons (Fsp3) is 0.632. The summed E-state index contributed by atoms with van der Waals surface area (Å²) in [6.45, 7) is 10.1. The van der Waals surface area contributed by atoms with Crippen molar-refractivity contribution in [2.45, 2.75) is 33.1 Å². The van der Waals surface area contributed by atoms with Crippen molar-refractivity contribution in [2.24, 2.45) is 10.9 Å². The van der Waals surface area contributed by atoms with Crippen molar-refractivity contribution >= 4 is 5.96 Å². The van der Waals surface area contributed by atoms with E-state index in [1.165, 1.54) is 25.5 Å². The molecule has 1 aliphatic heterocycles. The van der Waals surface area contributed by atoms with Gasteiger partial charge in [-0.2, -0.15) is 0 Å². The molecule has 1 aromatic carbocycles. The first kappa shape index (κ1) is 18.7. The summed E-state index contributed by atoms with van der Waals surface area (Å²) >= 11 is 0. The zero-order valence-corrected chi connectivity index (χ0v) is 15.0. The van der Waals surface area contributed by atoms with Gasteiger partial charge in [0.05, 0.1) is 0 Å². The van der Waals surface area contributed by atoms with Gasteiger partial charge in [0.2, 0.25) is 0 Å². The number of guanidine groups is 1. The zero-order chi connectivity index (χ0) is 17.2. The maximum atomic E-state index is 13.6.